The van der Waals surface area contributed by atoms with Gasteiger partial charge in [0, 0.05) is 36.4 Å². The molecule has 2 atom stereocenters. The average molecular weight is 304 g/mol. The average Bonchev–Trinajstić information content (AvgIpc) is 2.45. The van der Waals surface area contributed by atoms with Crippen LogP contribution >= 0.6 is 12.2 Å². The van der Waals surface area contributed by atoms with E-state index in [2.05, 4.69) is 16.7 Å². The minimum absolute atomic E-state index is 0.450. The first-order valence-corrected chi connectivity index (χ1v) is 8.24. The molecule has 0 aromatic carbocycles. The molecule has 0 saturated carbocycles. The molecule has 2 N–H and O–H groups in total. The van der Waals surface area contributed by atoms with Crippen molar-refractivity contribution < 1.29 is 0 Å². The van der Waals surface area contributed by atoms with Crippen molar-refractivity contribution in [2.24, 2.45) is 5.73 Å². The van der Waals surface area contributed by atoms with Gasteiger partial charge in [0.2, 0.25) is 0 Å². The van der Waals surface area contributed by atoms with Gasteiger partial charge in [0.15, 0.2) is 0 Å². The van der Waals surface area contributed by atoms with Gasteiger partial charge in [-0.05, 0) is 45.4 Å². The lowest BCUT2D eigenvalue weighted by Gasteiger charge is -2.48. The van der Waals surface area contributed by atoms with Gasteiger partial charge in [0.1, 0.15) is 10.8 Å². The van der Waals surface area contributed by atoms with Crippen molar-refractivity contribution >= 4 is 23.0 Å². The molecule has 2 aliphatic heterocycles. The summed E-state index contributed by atoms with van der Waals surface area (Å²) in [4.78, 5) is 10.2. The molecule has 2 saturated heterocycles. The van der Waals surface area contributed by atoms with Crippen LogP contribution in [0.15, 0.2) is 12.1 Å². The van der Waals surface area contributed by atoms with Gasteiger partial charge in [0.25, 0.3) is 0 Å². The second kappa shape index (κ2) is 5.89. The van der Waals surface area contributed by atoms with Gasteiger partial charge in [0.05, 0.1) is 0 Å². The number of nitrogens with zero attached hydrogens (tertiary/aromatic N) is 3. The standard InChI is InChI=1S/C16H24N4S/c1-11-7-13(16(17)21)8-15(18-11)20-10-14-5-3-4-6-19(14)9-12(20)2/h7-8,12,14H,3-6,9-10H2,1-2H3,(H2,17,21). The summed E-state index contributed by atoms with van der Waals surface area (Å²) in [6.07, 6.45) is 4.00. The fraction of sp³-hybridized carbons (Fsp3) is 0.625. The Morgan fingerprint density at radius 3 is 2.90 bits per heavy atom. The summed E-state index contributed by atoms with van der Waals surface area (Å²) in [5.41, 5.74) is 7.70. The zero-order valence-corrected chi connectivity index (χ0v) is 13.7. The molecular formula is C16H24N4S. The van der Waals surface area contributed by atoms with E-state index in [0.29, 0.717) is 17.1 Å². The number of piperidine rings is 1. The van der Waals surface area contributed by atoms with Gasteiger partial charge >= 0.3 is 0 Å². The van der Waals surface area contributed by atoms with Gasteiger partial charge in [-0.25, -0.2) is 4.98 Å². The summed E-state index contributed by atoms with van der Waals surface area (Å²) >= 11 is 5.13. The maximum Gasteiger partial charge on any atom is 0.129 e. The first kappa shape index (κ1) is 14.7. The number of piperazine rings is 1. The number of hydrogen-bond acceptors (Lipinski definition) is 4. The van der Waals surface area contributed by atoms with E-state index >= 15 is 0 Å². The molecule has 0 radical (unpaired) electrons. The molecule has 3 rings (SSSR count). The molecule has 0 spiro atoms. The lowest BCUT2D eigenvalue weighted by molar-refractivity contribution is 0.115. The van der Waals surface area contributed by atoms with E-state index in [0.717, 1.165) is 30.2 Å². The molecule has 2 unspecified atom stereocenters. The van der Waals surface area contributed by atoms with E-state index in [1.54, 1.807) is 0 Å². The van der Waals surface area contributed by atoms with E-state index in [-0.39, 0.29) is 0 Å². The fourth-order valence-corrected chi connectivity index (χ4v) is 3.73. The van der Waals surface area contributed by atoms with Crippen molar-refractivity contribution in [2.45, 2.75) is 45.2 Å². The van der Waals surface area contributed by atoms with Crippen LogP contribution in [0, 0.1) is 6.92 Å². The Morgan fingerprint density at radius 1 is 1.33 bits per heavy atom. The number of fused-ring (bicyclic) bond motifs is 1. The molecule has 4 nitrogen and oxygen atoms in total. The third kappa shape index (κ3) is 3.04. The first-order chi connectivity index (χ1) is 10.0. The third-order valence-corrected chi connectivity index (χ3v) is 4.94. The van der Waals surface area contributed by atoms with Crippen LogP contribution in [-0.4, -0.2) is 46.6 Å². The number of rotatable bonds is 2. The largest absolute Gasteiger partial charge is 0.389 e. The smallest absolute Gasteiger partial charge is 0.129 e. The van der Waals surface area contributed by atoms with Crippen LogP contribution < -0.4 is 10.6 Å². The van der Waals surface area contributed by atoms with Crippen molar-refractivity contribution in [3.8, 4) is 0 Å². The molecule has 1 aromatic rings. The summed E-state index contributed by atoms with van der Waals surface area (Å²) in [5.74, 6) is 1.02. The number of aromatic nitrogens is 1. The molecule has 1 aromatic heterocycles. The van der Waals surface area contributed by atoms with Crippen LogP contribution in [0.3, 0.4) is 0 Å². The molecular weight excluding hydrogens is 280 g/mol. The number of aryl methyl sites for hydroxylation is 1. The third-order valence-electron chi connectivity index (χ3n) is 4.71. The molecule has 0 amide bonds. The minimum Gasteiger partial charge on any atom is -0.389 e. The second-order valence-corrected chi connectivity index (χ2v) is 6.81. The van der Waals surface area contributed by atoms with Crippen LogP contribution in [0.5, 0.6) is 0 Å². The fourth-order valence-electron chi connectivity index (χ4n) is 3.61. The van der Waals surface area contributed by atoms with Crippen molar-refractivity contribution in [1.82, 2.24) is 9.88 Å². The van der Waals surface area contributed by atoms with Crippen molar-refractivity contribution in [2.75, 3.05) is 24.5 Å². The van der Waals surface area contributed by atoms with Crippen LogP contribution in [0.4, 0.5) is 5.82 Å². The topological polar surface area (TPSA) is 45.4 Å². The van der Waals surface area contributed by atoms with Gasteiger partial charge in [-0.2, -0.15) is 0 Å². The zero-order valence-electron chi connectivity index (χ0n) is 12.9. The highest BCUT2D eigenvalue weighted by Gasteiger charge is 2.33. The van der Waals surface area contributed by atoms with Crippen LogP contribution in [-0.2, 0) is 0 Å². The SMILES string of the molecule is Cc1cc(C(N)=S)cc(N2CC3CCCCN3CC2C)n1. The summed E-state index contributed by atoms with van der Waals surface area (Å²) in [7, 11) is 0. The van der Waals surface area contributed by atoms with Gasteiger partial charge in [-0.3, -0.25) is 4.90 Å². The molecule has 2 aliphatic rings. The lowest BCUT2D eigenvalue weighted by atomic mass is 9.97. The molecule has 0 aliphatic carbocycles. The normalized spacial score (nSPS) is 26.5. The number of nitrogens with two attached hydrogens (primary N) is 1. The monoisotopic (exact) mass is 304 g/mol. The Morgan fingerprint density at radius 2 is 2.14 bits per heavy atom. The Bertz CT molecular complexity index is 545. The summed E-state index contributed by atoms with van der Waals surface area (Å²) in [5, 5.41) is 0. The summed E-state index contributed by atoms with van der Waals surface area (Å²) in [6, 6.07) is 5.16. The van der Waals surface area contributed by atoms with Crippen molar-refractivity contribution in [3.05, 3.63) is 23.4 Å². The quantitative estimate of drug-likeness (QED) is 0.848. The maximum absolute atomic E-state index is 5.80. The number of pyridine rings is 1. The van der Waals surface area contributed by atoms with Crippen molar-refractivity contribution in [1.29, 1.82) is 0 Å². The van der Waals surface area contributed by atoms with E-state index in [1.807, 2.05) is 19.1 Å². The Kier molecular flexibility index (Phi) is 4.13. The predicted octanol–water partition coefficient (Wildman–Crippen LogP) is 2.09. The minimum atomic E-state index is 0.450. The number of anilines is 1. The molecule has 21 heavy (non-hydrogen) atoms. The highest BCUT2D eigenvalue weighted by molar-refractivity contribution is 7.80. The van der Waals surface area contributed by atoms with E-state index in [4.69, 9.17) is 22.9 Å². The molecule has 114 valence electrons. The maximum atomic E-state index is 5.80. The van der Waals surface area contributed by atoms with E-state index in [9.17, 15) is 0 Å². The predicted molar refractivity (Wildman–Crippen MR) is 90.9 cm³/mol. The van der Waals surface area contributed by atoms with Crippen LogP contribution in [0.1, 0.15) is 37.4 Å². The molecule has 5 heteroatoms. The number of hydrogen-bond donors (Lipinski definition) is 1. The van der Waals surface area contributed by atoms with Gasteiger partial charge in [-0.1, -0.05) is 18.6 Å². The summed E-state index contributed by atoms with van der Waals surface area (Å²) < 4.78 is 0. The first-order valence-electron chi connectivity index (χ1n) is 7.84. The second-order valence-electron chi connectivity index (χ2n) is 6.37. The van der Waals surface area contributed by atoms with Crippen LogP contribution in [0.2, 0.25) is 0 Å². The number of thiocarbonyl (C=S) groups is 1. The highest BCUT2D eigenvalue weighted by atomic mass is 32.1. The zero-order chi connectivity index (χ0) is 15.0. The Labute approximate surface area is 132 Å². The lowest BCUT2D eigenvalue weighted by Crippen LogP contribution is -2.59. The molecule has 2 fully saturated rings. The molecule has 0 bridgehead atoms. The van der Waals surface area contributed by atoms with E-state index < -0.39 is 0 Å². The van der Waals surface area contributed by atoms with Gasteiger partial charge < -0.3 is 10.6 Å². The van der Waals surface area contributed by atoms with Crippen LogP contribution in [0.25, 0.3) is 0 Å². The van der Waals surface area contributed by atoms with Gasteiger partial charge in [-0.15, -0.1) is 0 Å². The Balaban J connectivity index is 1.87. The molecule has 3 heterocycles. The Hall–Kier alpha value is -1.20. The highest BCUT2D eigenvalue weighted by Crippen LogP contribution is 2.27. The summed E-state index contributed by atoms with van der Waals surface area (Å²) in [6.45, 7) is 7.74. The van der Waals surface area contributed by atoms with Crippen molar-refractivity contribution in [3.63, 3.8) is 0 Å². The van der Waals surface area contributed by atoms with E-state index in [1.165, 1.54) is 25.8 Å².